The van der Waals surface area contributed by atoms with Crippen molar-refractivity contribution in [2.75, 3.05) is 14.2 Å². The minimum absolute atomic E-state index is 0.261. The number of hydroxylamine groups is 2. The van der Waals surface area contributed by atoms with E-state index in [-0.39, 0.29) is 11.6 Å². The molecule has 84 valence electrons. The monoisotopic (exact) mass is 230 g/mol. The van der Waals surface area contributed by atoms with Gasteiger partial charge in [0.2, 0.25) is 0 Å². The summed E-state index contributed by atoms with van der Waals surface area (Å²) >= 11 is 5.69. The van der Waals surface area contributed by atoms with E-state index in [1.807, 2.05) is 13.8 Å². The van der Waals surface area contributed by atoms with Crippen LogP contribution < -0.4 is 0 Å². The molecule has 1 aromatic heterocycles. The number of aromatic nitrogens is 1. The number of pyridine rings is 1. The molecule has 0 fully saturated rings. The molecule has 0 radical (unpaired) electrons. The van der Waals surface area contributed by atoms with Crippen LogP contribution in [0.1, 0.15) is 24.3 Å². The number of amides is 1. The second-order valence-corrected chi connectivity index (χ2v) is 2.78. The Labute approximate surface area is 94.8 Å². The van der Waals surface area contributed by atoms with Crippen molar-refractivity contribution in [3.8, 4) is 0 Å². The molecule has 0 aliphatic heterocycles. The van der Waals surface area contributed by atoms with Crippen molar-refractivity contribution in [2.45, 2.75) is 13.8 Å². The summed E-state index contributed by atoms with van der Waals surface area (Å²) in [6.45, 7) is 4.00. The van der Waals surface area contributed by atoms with Gasteiger partial charge in [-0.3, -0.25) is 14.6 Å². The predicted octanol–water partition coefficient (Wildman–Crippen LogP) is 2.39. The van der Waals surface area contributed by atoms with E-state index in [9.17, 15) is 4.79 Å². The smallest absolute Gasteiger partial charge is 0.274 e. The summed E-state index contributed by atoms with van der Waals surface area (Å²) in [6.07, 6.45) is 1.47. The lowest BCUT2D eigenvalue weighted by atomic mass is 10.3. The van der Waals surface area contributed by atoms with E-state index in [4.69, 9.17) is 16.4 Å². The van der Waals surface area contributed by atoms with Crippen LogP contribution in [0.5, 0.6) is 0 Å². The van der Waals surface area contributed by atoms with Crippen molar-refractivity contribution in [3.63, 3.8) is 0 Å². The van der Waals surface area contributed by atoms with Crippen LogP contribution in [0, 0.1) is 0 Å². The molecule has 1 rings (SSSR count). The van der Waals surface area contributed by atoms with E-state index >= 15 is 0 Å². The van der Waals surface area contributed by atoms with Crippen molar-refractivity contribution < 1.29 is 9.63 Å². The summed E-state index contributed by atoms with van der Waals surface area (Å²) in [5.74, 6) is -0.329. The lowest BCUT2D eigenvalue weighted by molar-refractivity contribution is -0.0760. The first kappa shape index (κ1) is 13.9. The Morgan fingerprint density at radius 1 is 1.53 bits per heavy atom. The average molecular weight is 231 g/mol. The quantitative estimate of drug-likeness (QED) is 0.733. The molecule has 0 aromatic carbocycles. The van der Waals surface area contributed by atoms with E-state index in [1.54, 1.807) is 6.07 Å². The maximum absolute atomic E-state index is 11.4. The lowest BCUT2D eigenvalue weighted by Crippen LogP contribution is -2.26. The summed E-state index contributed by atoms with van der Waals surface area (Å²) in [5.41, 5.74) is 0.261. The summed E-state index contributed by atoms with van der Waals surface area (Å²) in [6, 6.07) is 3.09. The van der Waals surface area contributed by atoms with Gasteiger partial charge < -0.3 is 0 Å². The van der Waals surface area contributed by atoms with Gasteiger partial charge in [0, 0.05) is 18.3 Å². The third-order valence-electron chi connectivity index (χ3n) is 1.50. The van der Waals surface area contributed by atoms with Crippen molar-refractivity contribution >= 4 is 17.5 Å². The highest BCUT2D eigenvalue weighted by atomic mass is 35.5. The van der Waals surface area contributed by atoms with Gasteiger partial charge >= 0.3 is 0 Å². The molecule has 1 amide bonds. The molecule has 0 spiro atoms. The molecule has 0 N–H and O–H groups in total. The van der Waals surface area contributed by atoms with Gasteiger partial charge in [0.25, 0.3) is 5.91 Å². The van der Waals surface area contributed by atoms with Crippen LogP contribution in [0.25, 0.3) is 0 Å². The molecular weight excluding hydrogens is 216 g/mol. The minimum Gasteiger partial charge on any atom is -0.274 e. The number of carbonyl (C=O) groups excluding carboxylic acids is 1. The van der Waals surface area contributed by atoms with E-state index in [1.165, 1.54) is 26.4 Å². The molecular formula is C10H15ClN2O2. The minimum atomic E-state index is -0.329. The molecule has 0 saturated heterocycles. The first-order valence-corrected chi connectivity index (χ1v) is 4.96. The average Bonchev–Trinajstić information content (AvgIpc) is 2.29. The molecule has 1 aromatic rings. The van der Waals surface area contributed by atoms with Crippen molar-refractivity contribution in [2.24, 2.45) is 0 Å². The highest BCUT2D eigenvalue weighted by Crippen LogP contribution is 2.09. The van der Waals surface area contributed by atoms with Crippen LogP contribution in [-0.4, -0.2) is 30.1 Å². The molecule has 0 unspecified atom stereocenters. The second-order valence-electron chi connectivity index (χ2n) is 2.34. The second kappa shape index (κ2) is 7.20. The zero-order valence-electron chi connectivity index (χ0n) is 9.32. The molecule has 4 nitrogen and oxygen atoms in total. The SMILES string of the molecule is CC.CON(C)C(=O)c1cc(Cl)ccn1. The Morgan fingerprint density at radius 2 is 2.13 bits per heavy atom. The van der Waals surface area contributed by atoms with Gasteiger partial charge in [-0.2, -0.15) is 0 Å². The third-order valence-corrected chi connectivity index (χ3v) is 1.74. The zero-order valence-corrected chi connectivity index (χ0v) is 10.1. The molecule has 0 aliphatic carbocycles. The molecule has 15 heavy (non-hydrogen) atoms. The number of nitrogens with zero attached hydrogens (tertiary/aromatic N) is 2. The highest BCUT2D eigenvalue weighted by molar-refractivity contribution is 6.30. The predicted molar refractivity (Wildman–Crippen MR) is 59.7 cm³/mol. The molecule has 1 heterocycles. The van der Waals surface area contributed by atoms with Gasteiger partial charge in [0.1, 0.15) is 5.69 Å². The largest absolute Gasteiger partial charge is 0.295 e. The lowest BCUT2D eigenvalue weighted by Gasteiger charge is -2.12. The first-order chi connectivity index (χ1) is 7.15. The van der Waals surface area contributed by atoms with Gasteiger partial charge in [-0.05, 0) is 12.1 Å². The van der Waals surface area contributed by atoms with E-state index in [0.29, 0.717) is 5.02 Å². The number of hydrogen-bond acceptors (Lipinski definition) is 3. The van der Waals surface area contributed by atoms with Crippen LogP contribution in [0.2, 0.25) is 5.02 Å². The number of rotatable bonds is 2. The van der Waals surface area contributed by atoms with Crippen LogP contribution in [-0.2, 0) is 4.84 Å². The molecule has 5 heteroatoms. The Kier molecular flexibility index (Phi) is 6.66. The Morgan fingerprint density at radius 3 is 2.60 bits per heavy atom. The first-order valence-electron chi connectivity index (χ1n) is 4.59. The third kappa shape index (κ3) is 4.27. The standard InChI is InChI=1S/C8H9ClN2O2.C2H6/c1-11(13-2)8(12)7-5-6(9)3-4-10-7;1-2/h3-5H,1-2H3;1-2H3. The Hall–Kier alpha value is -1.13. The summed E-state index contributed by atoms with van der Waals surface area (Å²) in [7, 11) is 2.91. The topological polar surface area (TPSA) is 42.4 Å². The van der Waals surface area contributed by atoms with Gasteiger partial charge in [-0.25, -0.2) is 5.06 Å². The van der Waals surface area contributed by atoms with Gasteiger partial charge in [-0.15, -0.1) is 0 Å². The van der Waals surface area contributed by atoms with E-state index in [2.05, 4.69) is 4.98 Å². The fourth-order valence-electron chi connectivity index (χ4n) is 0.766. The van der Waals surface area contributed by atoms with Gasteiger partial charge in [0.05, 0.1) is 7.11 Å². The molecule has 0 atom stereocenters. The molecule has 0 bridgehead atoms. The van der Waals surface area contributed by atoms with E-state index in [0.717, 1.165) is 5.06 Å². The fourth-order valence-corrected chi connectivity index (χ4v) is 0.926. The molecule has 0 aliphatic rings. The number of halogens is 1. The fraction of sp³-hybridized carbons (Fsp3) is 0.400. The zero-order chi connectivity index (χ0) is 11.8. The summed E-state index contributed by atoms with van der Waals surface area (Å²) in [4.78, 5) is 20.0. The number of carbonyl (C=O) groups is 1. The van der Waals surface area contributed by atoms with Crippen molar-refractivity contribution in [1.82, 2.24) is 10.0 Å². The van der Waals surface area contributed by atoms with Gasteiger partial charge in [-0.1, -0.05) is 25.4 Å². The highest BCUT2D eigenvalue weighted by Gasteiger charge is 2.12. The summed E-state index contributed by atoms with van der Waals surface area (Å²) < 4.78 is 0. The van der Waals surface area contributed by atoms with Crippen LogP contribution in [0.4, 0.5) is 0 Å². The maximum Gasteiger partial charge on any atom is 0.295 e. The van der Waals surface area contributed by atoms with Gasteiger partial charge in [0.15, 0.2) is 0 Å². The Balaban J connectivity index is 0.000000921. The van der Waals surface area contributed by atoms with Crippen molar-refractivity contribution in [3.05, 3.63) is 29.0 Å². The van der Waals surface area contributed by atoms with Crippen molar-refractivity contribution in [1.29, 1.82) is 0 Å². The van der Waals surface area contributed by atoms with Crippen LogP contribution >= 0.6 is 11.6 Å². The summed E-state index contributed by atoms with van der Waals surface area (Å²) in [5, 5.41) is 1.56. The molecule has 0 saturated carbocycles. The van der Waals surface area contributed by atoms with E-state index < -0.39 is 0 Å². The van der Waals surface area contributed by atoms with Crippen LogP contribution in [0.15, 0.2) is 18.3 Å². The maximum atomic E-state index is 11.4. The van der Waals surface area contributed by atoms with Crippen LogP contribution in [0.3, 0.4) is 0 Å². The normalized spacial score (nSPS) is 8.87. The Bertz CT molecular complexity index is 318. The number of hydrogen-bond donors (Lipinski definition) is 0.